The van der Waals surface area contributed by atoms with E-state index in [-0.39, 0.29) is 18.5 Å². The Hall–Kier alpha value is -3.42. The number of rotatable bonds is 6. The van der Waals surface area contributed by atoms with E-state index < -0.39 is 0 Å². The van der Waals surface area contributed by atoms with Crippen molar-refractivity contribution in [2.75, 3.05) is 20.8 Å². The van der Waals surface area contributed by atoms with Gasteiger partial charge in [-0.1, -0.05) is 24.3 Å². The molecule has 0 saturated carbocycles. The van der Waals surface area contributed by atoms with Crippen LogP contribution in [0.1, 0.15) is 30.0 Å². The van der Waals surface area contributed by atoms with Gasteiger partial charge in [0.25, 0.3) is 0 Å². The topological polar surface area (TPSA) is 82.4 Å². The van der Waals surface area contributed by atoms with Crippen molar-refractivity contribution < 1.29 is 14.3 Å². The van der Waals surface area contributed by atoms with Crippen molar-refractivity contribution in [3.05, 3.63) is 53.6 Å². The predicted molar refractivity (Wildman–Crippen MR) is 111 cm³/mol. The van der Waals surface area contributed by atoms with Crippen LogP contribution in [0, 0.1) is 6.92 Å². The highest BCUT2D eigenvalue weighted by Crippen LogP contribution is 2.39. The zero-order chi connectivity index (χ0) is 21.1. The number of hydrogen-bond donors (Lipinski definition) is 0. The molecule has 0 N–H and O–H groups in total. The van der Waals surface area contributed by atoms with Gasteiger partial charge in [0.2, 0.25) is 11.7 Å². The van der Waals surface area contributed by atoms with Crippen LogP contribution in [0.25, 0.3) is 11.4 Å². The summed E-state index contributed by atoms with van der Waals surface area (Å²) in [7, 11) is 3.27. The average molecular weight is 407 g/mol. The minimum Gasteiger partial charge on any atom is -0.497 e. The van der Waals surface area contributed by atoms with E-state index in [0.717, 1.165) is 41.0 Å². The average Bonchev–Trinajstić information content (AvgIpc) is 3.43. The lowest BCUT2D eigenvalue weighted by Crippen LogP contribution is -2.34. The molecule has 2 heterocycles. The molecule has 0 aliphatic carbocycles. The van der Waals surface area contributed by atoms with E-state index in [1.807, 2.05) is 54.3 Å². The molecule has 156 valence electrons. The van der Waals surface area contributed by atoms with Gasteiger partial charge in [0.1, 0.15) is 18.0 Å². The van der Waals surface area contributed by atoms with Gasteiger partial charge in [-0.3, -0.25) is 4.79 Å². The number of carbonyl (C=O) groups excluding carboxylic acids is 1. The number of methoxy groups -OCH3 is 2. The number of ether oxygens (including phenoxy) is 2. The largest absolute Gasteiger partial charge is 0.497 e. The standard InChI is InChI=1S/C22H25N5O3/c1-15-7-4-5-8-17(15)22-23-25-27(24-22)14-21(28)26-12-6-9-19(26)18-13-16(29-2)10-11-20(18)30-3/h4-5,7-8,10-11,13,19H,6,9,12,14H2,1-3H3. The lowest BCUT2D eigenvalue weighted by Gasteiger charge is -2.26. The Kier molecular flexibility index (Phi) is 5.65. The molecule has 8 nitrogen and oxygen atoms in total. The minimum absolute atomic E-state index is 0.0433. The van der Waals surface area contributed by atoms with Gasteiger partial charge in [-0.15, -0.1) is 10.2 Å². The summed E-state index contributed by atoms with van der Waals surface area (Å²) in [5.41, 5.74) is 2.93. The van der Waals surface area contributed by atoms with Crippen molar-refractivity contribution in [1.82, 2.24) is 25.1 Å². The number of carbonyl (C=O) groups is 1. The first-order valence-electron chi connectivity index (χ1n) is 9.96. The maximum atomic E-state index is 13.1. The van der Waals surface area contributed by atoms with Crippen LogP contribution in [-0.4, -0.2) is 51.8 Å². The summed E-state index contributed by atoms with van der Waals surface area (Å²) in [4.78, 5) is 16.3. The highest BCUT2D eigenvalue weighted by molar-refractivity contribution is 5.77. The lowest BCUT2D eigenvalue weighted by atomic mass is 10.0. The second-order valence-corrected chi connectivity index (χ2v) is 7.31. The molecule has 1 atom stereocenters. The second-order valence-electron chi connectivity index (χ2n) is 7.31. The Morgan fingerprint density at radius 3 is 2.77 bits per heavy atom. The molecule has 1 unspecified atom stereocenters. The number of aryl methyl sites for hydroxylation is 1. The minimum atomic E-state index is -0.0677. The number of hydrogen-bond acceptors (Lipinski definition) is 6. The normalized spacial score (nSPS) is 16.0. The first-order valence-corrected chi connectivity index (χ1v) is 9.96. The van der Waals surface area contributed by atoms with Crippen molar-refractivity contribution in [3.8, 4) is 22.9 Å². The van der Waals surface area contributed by atoms with Gasteiger partial charge in [-0.05, 0) is 48.7 Å². The summed E-state index contributed by atoms with van der Waals surface area (Å²) >= 11 is 0. The third-order valence-electron chi connectivity index (χ3n) is 5.48. The van der Waals surface area contributed by atoms with Gasteiger partial charge >= 0.3 is 0 Å². The van der Waals surface area contributed by atoms with Crippen molar-refractivity contribution >= 4 is 5.91 Å². The number of amides is 1. The highest BCUT2D eigenvalue weighted by Gasteiger charge is 2.32. The van der Waals surface area contributed by atoms with Crippen LogP contribution in [0.15, 0.2) is 42.5 Å². The number of tetrazole rings is 1. The Balaban J connectivity index is 1.53. The van der Waals surface area contributed by atoms with E-state index in [1.54, 1.807) is 14.2 Å². The molecule has 0 bridgehead atoms. The fourth-order valence-electron chi connectivity index (χ4n) is 3.94. The molecule has 3 aromatic rings. The molecule has 0 spiro atoms. The van der Waals surface area contributed by atoms with Crippen LogP contribution in [0.4, 0.5) is 0 Å². The number of aromatic nitrogens is 4. The van der Waals surface area contributed by atoms with Gasteiger partial charge in [0.05, 0.1) is 20.3 Å². The van der Waals surface area contributed by atoms with Crippen LogP contribution in [0.5, 0.6) is 11.5 Å². The van der Waals surface area contributed by atoms with Crippen LogP contribution in [0.3, 0.4) is 0 Å². The summed E-state index contributed by atoms with van der Waals surface area (Å²) in [6, 6.07) is 13.5. The first kappa shape index (κ1) is 19.9. The van der Waals surface area contributed by atoms with Crippen molar-refractivity contribution in [2.24, 2.45) is 0 Å². The summed E-state index contributed by atoms with van der Waals surface area (Å²) in [6.45, 7) is 2.72. The van der Waals surface area contributed by atoms with Gasteiger partial charge in [0, 0.05) is 17.7 Å². The van der Waals surface area contributed by atoms with E-state index in [0.29, 0.717) is 12.4 Å². The highest BCUT2D eigenvalue weighted by atomic mass is 16.5. The van der Waals surface area contributed by atoms with E-state index in [1.165, 1.54) is 4.80 Å². The summed E-state index contributed by atoms with van der Waals surface area (Å²) in [6.07, 6.45) is 1.80. The molecule has 30 heavy (non-hydrogen) atoms. The number of benzene rings is 2. The maximum absolute atomic E-state index is 13.1. The zero-order valence-corrected chi connectivity index (χ0v) is 17.4. The molecule has 4 rings (SSSR count). The predicted octanol–water partition coefficient (Wildman–Crippen LogP) is 3.03. The molecule has 0 radical (unpaired) electrons. The Morgan fingerprint density at radius 2 is 2.00 bits per heavy atom. The summed E-state index contributed by atoms with van der Waals surface area (Å²) in [5, 5.41) is 12.6. The fraction of sp³-hybridized carbons (Fsp3) is 0.364. The monoisotopic (exact) mass is 407 g/mol. The van der Waals surface area contributed by atoms with E-state index in [2.05, 4.69) is 15.4 Å². The molecular weight excluding hydrogens is 382 g/mol. The molecule has 1 saturated heterocycles. The van der Waals surface area contributed by atoms with E-state index >= 15 is 0 Å². The summed E-state index contributed by atoms with van der Waals surface area (Å²) < 4.78 is 10.9. The molecule has 8 heteroatoms. The van der Waals surface area contributed by atoms with Crippen molar-refractivity contribution in [1.29, 1.82) is 0 Å². The molecular formula is C22H25N5O3. The van der Waals surface area contributed by atoms with Gasteiger partial charge in [-0.2, -0.15) is 4.80 Å². The lowest BCUT2D eigenvalue weighted by molar-refractivity contribution is -0.133. The molecule has 1 fully saturated rings. The SMILES string of the molecule is COc1ccc(OC)c(C2CCCN2C(=O)Cn2nnc(-c3ccccc3C)n2)c1. The Bertz CT molecular complexity index is 1050. The fourth-order valence-corrected chi connectivity index (χ4v) is 3.94. The van der Waals surface area contributed by atoms with Crippen LogP contribution >= 0.6 is 0 Å². The number of likely N-dealkylation sites (tertiary alicyclic amines) is 1. The smallest absolute Gasteiger partial charge is 0.246 e. The zero-order valence-electron chi connectivity index (χ0n) is 17.4. The maximum Gasteiger partial charge on any atom is 0.246 e. The molecule has 1 aromatic heterocycles. The molecule has 1 aliphatic heterocycles. The van der Waals surface area contributed by atoms with Crippen LogP contribution in [-0.2, 0) is 11.3 Å². The van der Waals surface area contributed by atoms with E-state index in [9.17, 15) is 4.79 Å². The molecule has 1 amide bonds. The Morgan fingerprint density at radius 1 is 1.17 bits per heavy atom. The van der Waals surface area contributed by atoms with Crippen LogP contribution < -0.4 is 9.47 Å². The summed E-state index contributed by atoms with van der Waals surface area (Å²) in [5.74, 6) is 1.97. The van der Waals surface area contributed by atoms with Crippen LogP contribution in [0.2, 0.25) is 0 Å². The van der Waals surface area contributed by atoms with Crippen molar-refractivity contribution in [2.45, 2.75) is 32.4 Å². The second kappa shape index (κ2) is 8.52. The van der Waals surface area contributed by atoms with Gasteiger partial charge in [-0.25, -0.2) is 0 Å². The molecule has 2 aromatic carbocycles. The quantitative estimate of drug-likeness (QED) is 0.625. The van der Waals surface area contributed by atoms with Gasteiger partial charge < -0.3 is 14.4 Å². The number of nitrogens with zero attached hydrogens (tertiary/aromatic N) is 5. The van der Waals surface area contributed by atoms with Crippen molar-refractivity contribution in [3.63, 3.8) is 0 Å². The first-order chi connectivity index (χ1) is 14.6. The Labute approximate surface area is 175 Å². The van der Waals surface area contributed by atoms with E-state index in [4.69, 9.17) is 9.47 Å². The third kappa shape index (κ3) is 3.85. The third-order valence-corrected chi connectivity index (χ3v) is 5.48. The molecule has 1 aliphatic rings. The van der Waals surface area contributed by atoms with Gasteiger partial charge in [0.15, 0.2) is 0 Å².